The number of benzene rings is 2. The number of hydrogen-bond acceptors (Lipinski definition) is 4. The van der Waals surface area contributed by atoms with Crippen molar-refractivity contribution in [1.29, 1.82) is 0 Å². The number of fused-ring (bicyclic) bond motifs is 1. The normalized spacial score (nSPS) is 22.0. The quantitative estimate of drug-likeness (QED) is 0.871. The van der Waals surface area contributed by atoms with E-state index in [1.54, 1.807) is 6.92 Å². The van der Waals surface area contributed by atoms with Gasteiger partial charge in [-0.05, 0) is 56.2 Å². The van der Waals surface area contributed by atoms with Crippen LogP contribution in [0.1, 0.15) is 37.4 Å². The average Bonchev–Trinajstić information content (AvgIpc) is 2.69. The number of aryl methyl sites for hydroxylation is 1. The molecule has 5 nitrogen and oxygen atoms in total. The third kappa shape index (κ3) is 3.72. The summed E-state index contributed by atoms with van der Waals surface area (Å²) in [4.78, 5) is 16.5. The lowest BCUT2D eigenvalue weighted by molar-refractivity contribution is -0.117. The first-order valence-electron chi connectivity index (χ1n) is 10.1. The van der Waals surface area contributed by atoms with Crippen LogP contribution in [0.2, 0.25) is 0 Å². The van der Waals surface area contributed by atoms with Gasteiger partial charge in [0.15, 0.2) is 0 Å². The molecule has 2 atom stereocenters. The largest absolute Gasteiger partial charge is 0.378 e. The van der Waals surface area contributed by atoms with Gasteiger partial charge in [0.1, 0.15) is 0 Å². The van der Waals surface area contributed by atoms with E-state index in [0.29, 0.717) is 0 Å². The molecule has 0 radical (unpaired) electrons. The Morgan fingerprint density at radius 3 is 2.50 bits per heavy atom. The molecule has 2 aromatic carbocycles. The maximum Gasteiger partial charge on any atom is 0.224 e. The minimum absolute atomic E-state index is 0.103. The predicted octanol–water partition coefficient (Wildman–Crippen LogP) is 4.13. The molecule has 28 heavy (non-hydrogen) atoms. The van der Waals surface area contributed by atoms with E-state index in [9.17, 15) is 4.79 Å². The molecule has 5 heteroatoms. The van der Waals surface area contributed by atoms with Crippen LogP contribution in [-0.2, 0) is 9.53 Å². The van der Waals surface area contributed by atoms with Crippen LogP contribution in [0, 0.1) is 6.92 Å². The Bertz CT molecular complexity index is 843. The van der Waals surface area contributed by atoms with E-state index in [1.807, 2.05) is 4.90 Å². The van der Waals surface area contributed by atoms with Crippen LogP contribution in [0.25, 0.3) is 0 Å². The van der Waals surface area contributed by atoms with Crippen molar-refractivity contribution >= 4 is 23.0 Å². The maximum absolute atomic E-state index is 12.2. The monoisotopic (exact) mass is 379 g/mol. The zero-order valence-electron chi connectivity index (χ0n) is 16.9. The van der Waals surface area contributed by atoms with Gasteiger partial charge < -0.3 is 19.9 Å². The molecule has 0 aliphatic carbocycles. The molecule has 0 saturated carbocycles. The zero-order valence-corrected chi connectivity index (χ0v) is 16.9. The van der Waals surface area contributed by atoms with Crippen LogP contribution in [0.5, 0.6) is 0 Å². The number of carbonyl (C=O) groups is 1. The number of ether oxygens (including phenoxy) is 1. The topological polar surface area (TPSA) is 44.8 Å². The first kappa shape index (κ1) is 18.8. The molecule has 1 N–H and O–H groups in total. The molecule has 0 aromatic heterocycles. The van der Waals surface area contributed by atoms with Crippen molar-refractivity contribution in [2.24, 2.45) is 0 Å². The van der Waals surface area contributed by atoms with Gasteiger partial charge in [-0.15, -0.1) is 0 Å². The Balaban J connectivity index is 1.56. The molecule has 4 rings (SSSR count). The molecule has 2 aromatic rings. The lowest BCUT2D eigenvalue weighted by Gasteiger charge is -2.39. The Morgan fingerprint density at radius 1 is 1.11 bits per heavy atom. The number of hydrogen-bond donors (Lipinski definition) is 1. The third-order valence-electron chi connectivity index (χ3n) is 5.76. The van der Waals surface area contributed by atoms with E-state index in [1.165, 1.54) is 16.8 Å². The maximum atomic E-state index is 12.2. The van der Waals surface area contributed by atoms with Crippen molar-refractivity contribution in [2.45, 2.75) is 39.3 Å². The smallest absolute Gasteiger partial charge is 0.224 e. The van der Waals surface area contributed by atoms with Crippen molar-refractivity contribution in [3.05, 3.63) is 53.6 Å². The average molecular weight is 380 g/mol. The van der Waals surface area contributed by atoms with E-state index in [-0.39, 0.29) is 18.0 Å². The molecular formula is C23H29N3O2. The van der Waals surface area contributed by atoms with Crippen LogP contribution in [-0.4, -0.2) is 38.3 Å². The summed E-state index contributed by atoms with van der Waals surface area (Å²) in [5, 5.41) is 3.70. The van der Waals surface area contributed by atoms with Gasteiger partial charge in [0.2, 0.25) is 5.91 Å². The van der Waals surface area contributed by atoms with E-state index >= 15 is 0 Å². The highest BCUT2D eigenvalue weighted by Crippen LogP contribution is 2.39. The first-order chi connectivity index (χ1) is 13.5. The van der Waals surface area contributed by atoms with Gasteiger partial charge in [0, 0.05) is 43.1 Å². The fourth-order valence-electron chi connectivity index (χ4n) is 4.39. The summed E-state index contributed by atoms with van der Waals surface area (Å²) >= 11 is 0. The highest BCUT2D eigenvalue weighted by molar-refractivity contribution is 5.93. The summed E-state index contributed by atoms with van der Waals surface area (Å²) in [6.45, 7) is 9.36. The summed E-state index contributed by atoms with van der Waals surface area (Å²) in [6, 6.07) is 15.4. The fourth-order valence-corrected chi connectivity index (χ4v) is 4.39. The van der Waals surface area contributed by atoms with Crippen LogP contribution in [0.15, 0.2) is 42.5 Å². The van der Waals surface area contributed by atoms with Gasteiger partial charge in [-0.1, -0.05) is 17.7 Å². The van der Waals surface area contributed by atoms with E-state index in [2.05, 4.69) is 66.5 Å². The van der Waals surface area contributed by atoms with Crippen LogP contribution in [0.3, 0.4) is 0 Å². The van der Waals surface area contributed by atoms with E-state index in [4.69, 9.17) is 4.74 Å². The van der Waals surface area contributed by atoms with Crippen molar-refractivity contribution in [3.63, 3.8) is 0 Å². The molecule has 0 spiro atoms. The molecule has 148 valence electrons. The van der Waals surface area contributed by atoms with Crippen LogP contribution >= 0.6 is 0 Å². The SMILES string of the molecule is CC(=O)N1c2ccc(C)cc2C(Nc2ccc(N3CCOCC3)cc2)CC1C. The Morgan fingerprint density at radius 2 is 1.82 bits per heavy atom. The van der Waals surface area contributed by atoms with Crippen LogP contribution < -0.4 is 15.1 Å². The van der Waals surface area contributed by atoms with Gasteiger partial charge in [0.25, 0.3) is 0 Å². The second-order valence-electron chi connectivity index (χ2n) is 7.88. The van der Waals surface area contributed by atoms with Crippen LogP contribution in [0.4, 0.5) is 17.1 Å². The predicted molar refractivity (Wildman–Crippen MR) is 114 cm³/mol. The highest BCUT2D eigenvalue weighted by Gasteiger charge is 2.32. The third-order valence-corrected chi connectivity index (χ3v) is 5.76. The van der Waals surface area contributed by atoms with Crippen molar-refractivity contribution in [1.82, 2.24) is 0 Å². The Kier molecular flexibility index (Phi) is 5.27. The van der Waals surface area contributed by atoms with Crippen molar-refractivity contribution in [3.8, 4) is 0 Å². The second-order valence-corrected chi connectivity index (χ2v) is 7.88. The second kappa shape index (κ2) is 7.84. The van der Waals surface area contributed by atoms with Crippen molar-refractivity contribution < 1.29 is 9.53 Å². The molecule has 2 heterocycles. The zero-order chi connectivity index (χ0) is 19.7. The molecule has 2 unspecified atom stereocenters. The van der Waals surface area contributed by atoms with Gasteiger partial charge in [-0.3, -0.25) is 4.79 Å². The molecule has 1 fully saturated rings. The summed E-state index contributed by atoms with van der Waals surface area (Å²) in [7, 11) is 0. The Labute approximate surface area is 167 Å². The summed E-state index contributed by atoms with van der Waals surface area (Å²) < 4.78 is 5.44. The van der Waals surface area contributed by atoms with Crippen molar-refractivity contribution in [2.75, 3.05) is 41.4 Å². The number of carbonyl (C=O) groups excluding carboxylic acids is 1. The van der Waals surface area contributed by atoms with Gasteiger partial charge in [-0.2, -0.15) is 0 Å². The minimum atomic E-state index is 0.103. The van der Waals surface area contributed by atoms with E-state index < -0.39 is 0 Å². The lowest BCUT2D eigenvalue weighted by Crippen LogP contribution is -2.43. The number of nitrogens with one attached hydrogen (secondary N) is 1. The number of rotatable bonds is 3. The fraction of sp³-hybridized carbons (Fsp3) is 0.435. The van der Waals surface area contributed by atoms with Gasteiger partial charge in [0.05, 0.1) is 19.3 Å². The standard InChI is InChI=1S/C23H29N3O2/c1-16-4-9-23-21(14-16)22(15-17(2)26(23)18(3)27)24-19-5-7-20(8-6-19)25-10-12-28-13-11-25/h4-9,14,17,22,24H,10-13,15H2,1-3H3. The summed E-state index contributed by atoms with van der Waals surface area (Å²) in [5.41, 5.74) is 5.79. The molecule has 1 amide bonds. The summed E-state index contributed by atoms with van der Waals surface area (Å²) in [6.07, 6.45) is 0.890. The summed E-state index contributed by atoms with van der Waals surface area (Å²) in [5.74, 6) is 0.103. The molecule has 2 aliphatic rings. The minimum Gasteiger partial charge on any atom is -0.378 e. The molecule has 1 saturated heterocycles. The first-order valence-corrected chi connectivity index (χ1v) is 10.1. The molecular weight excluding hydrogens is 350 g/mol. The lowest BCUT2D eigenvalue weighted by atomic mass is 9.90. The molecule has 0 bridgehead atoms. The number of morpholine rings is 1. The van der Waals surface area contributed by atoms with Gasteiger partial charge in [-0.25, -0.2) is 0 Å². The molecule has 2 aliphatic heterocycles. The number of nitrogens with zero attached hydrogens (tertiary/aromatic N) is 2. The Hall–Kier alpha value is -2.53. The highest BCUT2D eigenvalue weighted by atomic mass is 16.5. The van der Waals surface area contributed by atoms with Gasteiger partial charge >= 0.3 is 0 Å². The number of amides is 1. The van der Waals surface area contributed by atoms with E-state index in [0.717, 1.165) is 44.1 Å². The number of anilines is 3.